The molecule has 0 aliphatic heterocycles. The zero-order chi connectivity index (χ0) is 4.12. The molecule has 0 aromatic heterocycles. The van der Waals surface area contributed by atoms with Crippen LogP contribution in [-0.2, 0) is 0 Å². The Morgan fingerprint density at radius 3 is 2.60 bits per heavy atom. The summed E-state index contributed by atoms with van der Waals surface area (Å²) in [6.07, 6.45) is 4.82. The first kappa shape index (κ1) is 5.07. The first-order valence-electron chi connectivity index (χ1n) is 1.16. The normalized spacial score (nSPS) is 6.40. The largest absolute Gasteiger partial charge is 0.163 e. The highest BCUT2D eigenvalue weighted by Crippen LogP contribution is 1.63. The van der Waals surface area contributed by atoms with Crippen LogP contribution >= 0.6 is 11.6 Å². The first-order valence-corrected chi connectivity index (χ1v) is 2.90. The average molecular weight is 103 g/mol. The summed E-state index contributed by atoms with van der Waals surface area (Å²) in [6, 6.07) is 0. The summed E-state index contributed by atoms with van der Waals surface area (Å²) in [5.41, 5.74) is 3.02. The molecule has 26 valence electrons. The number of terminal acetylenes is 1. The molecule has 0 saturated heterocycles. The molecule has 0 atom stereocenters. The topological polar surface area (TPSA) is 0 Å². The van der Waals surface area contributed by atoms with E-state index in [2.05, 4.69) is 5.54 Å². The van der Waals surface area contributed by atoms with Gasteiger partial charge in [-0.1, -0.05) is 0 Å². The number of hydrogen-bond acceptors (Lipinski definition) is 0. The Balaban J connectivity index is 2.48. The highest BCUT2D eigenvalue weighted by atomic mass is 35.5. The van der Waals surface area contributed by atoms with Crippen molar-refractivity contribution in [3.05, 3.63) is 0 Å². The molecule has 5 heavy (non-hydrogen) atoms. The maximum Gasteiger partial charge on any atom is 0.163 e. The lowest BCUT2D eigenvalue weighted by Gasteiger charge is -1.63. The molecule has 0 fully saturated rings. The molecule has 0 aromatic carbocycles. The molecule has 0 N–H and O–H groups in total. The minimum Gasteiger partial charge on any atom is -0.138 e. The monoisotopic (exact) mass is 102 g/mol. The van der Waals surface area contributed by atoms with Gasteiger partial charge in [0.05, 0.1) is 0 Å². The second-order valence-electron chi connectivity index (χ2n) is 0.455. The van der Waals surface area contributed by atoms with Crippen molar-refractivity contribution < 1.29 is 0 Å². The van der Waals surface area contributed by atoms with Crippen molar-refractivity contribution >= 4 is 21.1 Å². The van der Waals surface area contributed by atoms with E-state index in [0.29, 0.717) is 15.0 Å². The summed E-state index contributed by atoms with van der Waals surface area (Å²) in [5.74, 6) is 0. The van der Waals surface area contributed by atoms with Crippen LogP contribution in [0.25, 0.3) is 0 Å². The van der Waals surface area contributed by atoms with Gasteiger partial charge in [0, 0.05) is 5.50 Å². The number of hydrogen-bond donors (Lipinski definition) is 0. The van der Waals surface area contributed by atoms with Crippen molar-refractivity contribution in [3.63, 3.8) is 0 Å². The Morgan fingerprint density at radius 1 is 2.00 bits per heavy atom. The molecule has 0 unspecified atom stereocenters. The van der Waals surface area contributed by atoms with E-state index in [1.165, 1.54) is 0 Å². The third-order valence-electron chi connectivity index (χ3n) is 0.169. The van der Waals surface area contributed by atoms with Gasteiger partial charge in [-0.15, -0.1) is 23.6 Å². The van der Waals surface area contributed by atoms with Gasteiger partial charge >= 0.3 is 0 Å². The molecule has 0 bridgehead atoms. The SMILES string of the molecule is C#C[Si]CCl. The van der Waals surface area contributed by atoms with Crippen LogP contribution in [0.2, 0.25) is 0 Å². The second kappa shape index (κ2) is 4.07. The minimum absolute atomic E-state index is 0.491. The molecule has 0 aliphatic carbocycles. The minimum atomic E-state index is 0.491. The summed E-state index contributed by atoms with van der Waals surface area (Å²) >= 11 is 5.17. The van der Waals surface area contributed by atoms with Gasteiger partial charge in [0.2, 0.25) is 0 Å². The van der Waals surface area contributed by atoms with Gasteiger partial charge in [0.25, 0.3) is 0 Å². The van der Waals surface area contributed by atoms with Crippen LogP contribution in [-0.4, -0.2) is 15.0 Å². The fourth-order valence-corrected chi connectivity index (χ4v) is 0.347. The van der Waals surface area contributed by atoms with Crippen LogP contribution in [0.4, 0.5) is 0 Å². The molecule has 0 amide bonds. The second-order valence-corrected chi connectivity index (χ2v) is 2.17. The van der Waals surface area contributed by atoms with E-state index in [9.17, 15) is 0 Å². The predicted octanol–water partition coefficient (Wildman–Crippen LogP) is 0.478. The van der Waals surface area contributed by atoms with E-state index >= 15 is 0 Å². The molecular weight excluding hydrogens is 99.6 g/mol. The third kappa shape index (κ3) is 4.07. The zero-order valence-electron chi connectivity index (χ0n) is 2.66. The van der Waals surface area contributed by atoms with Crippen LogP contribution in [0.1, 0.15) is 0 Å². The summed E-state index contributed by atoms with van der Waals surface area (Å²) in [6.45, 7) is 0. The summed E-state index contributed by atoms with van der Waals surface area (Å²) in [5, 5.41) is 0. The quantitative estimate of drug-likeness (QED) is 0.257. The van der Waals surface area contributed by atoms with Gasteiger partial charge in [0.15, 0.2) is 9.52 Å². The molecule has 0 saturated carbocycles. The van der Waals surface area contributed by atoms with Gasteiger partial charge < -0.3 is 0 Å². The van der Waals surface area contributed by atoms with E-state index in [-0.39, 0.29) is 0 Å². The highest BCUT2D eigenvalue weighted by Gasteiger charge is 1.68. The molecule has 0 rings (SSSR count). The molecule has 0 nitrogen and oxygen atoms in total. The Kier molecular flexibility index (Phi) is 4.12. The number of rotatable bonds is 1. The third-order valence-corrected chi connectivity index (χ3v) is 0.908. The van der Waals surface area contributed by atoms with E-state index in [4.69, 9.17) is 18.0 Å². The lowest BCUT2D eigenvalue weighted by Crippen LogP contribution is -1.82. The standard InChI is InChI=1S/C3H3ClSi/c1-2-5-3-4/h1H,3H2. The maximum absolute atomic E-state index is 5.17. The van der Waals surface area contributed by atoms with Crippen molar-refractivity contribution in [2.75, 3.05) is 5.50 Å². The lowest BCUT2D eigenvalue weighted by atomic mass is 11.4. The fourth-order valence-electron chi connectivity index (χ4n) is 0.0386. The Labute approximate surface area is 39.3 Å². The summed E-state index contributed by atoms with van der Waals surface area (Å²) in [4.78, 5) is 0. The van der Waals surface area contributed by atoms with E-state index in [1.54, 1.807) is 0 Å². The first-order chi connectivity index (χ1) is 2.41. The fraction of sp³-hybridized carbons (Fsp3) is 0.333. The maximum atomic E-state index is 5.17. The molecule has 0 aromatic rings. The van der Waals surface area contributed by atoms with Crippen LogP contribution in [0.15, 0.2) is 0 Å². The summed E-state index contributed by atoms with van der Waals surface area (Å²) < 4.78 is 0. The van der Waals surface area contributed by atoms with Crippen molar-refractivity contribution in [3.8, 4) is 12.0 Å². The van der Waals surface area contributed by atoms with Crippen molar-refractivity contribution in [1.82, 2.24) is 0 Å². The average Bonchev–Trinajstić information content (AvgIpc) is 1.41. The Bertz CT molecular complexity index is 45.3. The smallest absolute Gasteiger partial charge is 0.138 e. The van der Waals surface area contributed by atoms with E-state index < -0.39 is 0 Å². The van der Waals surface area contributed by atoms with E-state index in [0.717, 1.165) is 0 Å². The predicted molar refractivity (Wildman–Crippen MR) is 25.3 cm³/mol. The van der Waals surface area contributed by atoms with Gasteiger partial charge in [-0.25, -0.2) is 0 Å². The van der Waals surface area contributed by atoms with Gasteiger partial charge in [0.1, 0.15) is 0 Å². The van der Waals surface area contributed by atoms with Crippen LogP contribution in [0.5, 0.6) is 0 Å². The Hall–Kier alpha value is 0.0669. The van der Waals surface area contributed by atoms with Gasteiger partial charge in [-0.2, -0.15) is 0 Å². The summed E-state index contributed by atoms with van der Waals surface area (Å²) in [7, 11) is 0.491. The van der Waals surface area contributed by atoms with Crippen molar-refractivity contribution in [1.29, 1.82) is 0 Å². The van der Waals surface area contributed by atoms with Gasteiger partial charge in [-0.3, -0.25) is 0 Å². The van der Waals surface area contributed by atoms with Crippen LogP contribution in [0.3, 0.4) is 0 Å². The van der Waals surface area contributed by atoms with Crippen molar-refractivity contribution in [2.24, 2.45) is 0 Å². The molecule has 2 heteroatoms. The van der Waals surface area contributed by atoms with Crippen LogP contribution < -0.4 is 0 Å². The van der Waals surface area contributed by atoms with E-state index in [1.807, 2.05) is 0 Å². The lowest BCUT2D eigenvalue weighted by molar-refractivity contribution is 2.15. The molecule has 2 radical (unpaired) electrons. The molecule has 0 aliphatic rings. The van der Waals surface area contributed by atoms with Crippen molar-refractivity contribution in [2.45, 2.75) is 0 Å². The Morgan fingerprint density at radius 2 is 2.60 bits per heavy atom. The van der Waals surface area contributed by atoms with Gasteiger partial charge in [-0.05, 0) is 0 Å². The molecular formula is C3H3ClSi. The molecule has 0 spiro atoms. The highest BCUT2D eigenvalue weighted by molar-refractivity contribution is 6.56. The number of halogens is 1. The number of alkyl halides is 1. The molecule has 0 heterocycles. The zero-order valence-corrected chi connectivity index (χ0v) is 4.42. The van der Waals surface area contributed by atoms with Crippen LogP contribution in [0, 0.1) is 12.0 Å².